The van der Waals surface area contributed by atoms with Gasteiger partial charge < -0.3 is 0 Å². The molecule has 18 heavy (non-hydrogen) atoms. The Bertz CT molecular complexity index is 706. The minimum Gasteiger partial charge on any atom is -0.243 e. The molecule has 0 radical (unpaired) electrons. The summed E-state index contributed by atoms with van der Waals surface area (Å²) < 4.78 is 0. The number of alkyl halides is 1. The zero-order valence-corrected chi connectivity index (χ0v) is 12.3. The molecule has 3 rings (SSSR count). The lowest BCUT2D eigenvalue weighted by molar-refractivity contribution is 1.31. The zero-order valence-electron chi connectivity index (χ0n) is 9.85. The molecule has 0 aliphatic carbocycles. The SMILES string of the molecule is Cc1ccccc1-c1nc2cc(CBr)cnc2s1. The third-order valence-corrected chi connectivity index (χ3v) is 4.49. The van der Waals surface area contributed by atoms with Gasteiger partial charge in [0.15, 0.2) is 0 Å². The highest BCUT2D eigenvalue weighted by Gasteiger charge is 2.09. The molecule has 2 aromatic heterocycles. The van der Waals surface area contributed by atoms with Crippen LogP contribution in [0, 0.1) is 6.92 Å². The number of aromatic nitrogens is 2. The van der Waals surface area contributed by atoms with Crippen molar-refractivity contribution in [1.29, 1.82) is 0 Å². The van der Waals surface area contributed by atoms with Gasteiger partial charge in [-0.1, -0.05) is 51.5 Å². The fourth-order valence-corrected chi connectivity index (χ4v) is 3.15. The maximum absolute atomic E-state index is 4.69. The Morgan fingerprint density at radius 1 is 1.28 bits per heavy atom. The Labute approximate surface area is 118 Å². The average Bonchev–Trinajstić information content (AvgIpc) is 2.81. The number of rotatable bonds is 2. The second-order valence-electron chi connectivity index (χ2n) is 4.14. The zero-order chi connectivity index (χ0) is 12.5. The predicted octanol–water partition coefficient (Wildman–Crippen LogP) is 4.56. The molecule has 3 aromatic rings. The molecule has 90 valence electrons. The standard InChI is InChI=1S/C14H11BrN2S/c1-9-4-2-3-5-11(9)13-17-12-6-10(7-15)8-16-14(12)18-13/h2-6,8H,7H2,1H3. The van der Waals surface area contributed by atoms with Gasteiger partial charge >= 0.3 is 0 Å². The van der Waals surface area contributed by atoms with Gasteiger partial charge in [0.05, 0.1) is 0 Å². The molecule has 0 aliphatic rings. The summed E-state index contributed by atoms with van der Waals surface area (Å²) in [5.41, 5.74) is 4.58. The number of pyridine rings is 1. The first-order chi connectivity index (χ1) is 8.78. The third kappa shape index (κ3) is 2.06. The van der Waals surface area contributed by atoms with Crippen LogP contribution < -0.4 is 0 Å². The van der Waals surface area contributed by atoms with Gasteiger partial charge in [-0.15, -0.1) is 0 Å². The van der Waals surface area contributed by atoms with Crippen molar-refractivity contribution in [3.05, 3.63) is 47.7 Å². The molecule has 0 aliphatic heterocycles. The van der Waals surface area contributed by atoms with E-state index in [1.54, 1.807) is 11.3 Å². The second kappa shape index (κ2) is 4.78. The van der Waals surface area contributed by atoms with Crippen LogP contribution in [0.4, 0.5) is 0 Å². The maximum atomic E-state index is 4.69. The molecule has 2 heterocycles. The van der Waals surface area contributed by atoms with Gasteiger partial charge in [-0.25, -0.2) is 9.97 Å². The Balaban J connectivity index is 2.17. The van der Waals surface area contributed by atoms with Crippen molar-refractivity contribution < 1.29 is 0 Å². The van der Waals surface area contributed by atoms with Crippen molar-refractivity contribution in [3.63, 3.8) is 0 Å². The fraction of sp³-hybridized carbons (Fsp3) is 0.143. The monoisotopic (exact) mass is 318 g/mol. The van der Waals surface area contributed by atoms with E-state index >= 15 is 0 Å². The first kappa shape index (κ1) is 11.8. The van der Waals surface area contributed by atoms with E-state index in [1.165, 1.54) is 11.1 Å². The number of nitrogens with zero attached hydrogens (tertiary/aromatic N) is 2. The van der Waals surface area contributed by atoms with Crippen LogP contribution in [0.2, 0.25) is 0 Å². The van der Waals surface area contributed by atoms with E-state index in [0.29, 0.717) is 0 Å². The maximum Gasteiger partial charge on any atom is 0.143 e. The highest BCUT2D eigenvalue weighted by atomic mass is 79.9. The molecule has 0 amide bonds. The van der Waals surface area contributed by atoms with E-state index in [1.807, 2.05) is 18.3 Å². The van der Waals surface area contributed by atoms with Gasteiger partial charge in [0, 0.05) is 17.1 Å². The fourth-order valence-electron chi connectivity index (χ4n) is 1.87. The van der Waals surface area contributed by atoms with Gasteiger partial charge in [0.2, 0.25) is 0 Å². The molecule has 1 aromatic carbocycles. The summed E-state index contributed by atoms with van der Waals surface area (Å²) >= 11 is 5.09. The topological polar surface area (TPSA) is 25.8 Å². The van der Waals surface area contributed by atoms with E-state index in [2.05, 4.69) is 51.0 Å². The predicted molar refractivity (Wildman–Crippen MR) is 80.2 cm³/mol. The van der Waals surface area contributed by atoms with Crippen LogP contribution in [-0.2, 0) is 5.33 Å². The average molecular weight is 319 g/mol. The number of hydrogen-bond donors (Lipinski definition) is 0. The Morgan fingerprint density at radius 3 is 2.89 bits per heavy atom. The normalized spacial score (nSPS) is 11.0. The summed E-state index contributed by atoms with van der Waals surface area (Å²) in [7, 11) is 0. The first-order valence-electron chi connectivity index (χ1n) is 5.65. The molecule has 0 bridgehead atoms. The minimum atomic E-state index is 0.813. The molecular formula is C14H11BrN2S. The van der Waals surface area contributed by atoms with Gasteiger partial charge in [-0.3, -0.25) is 0 Å². The smallest absolute Gasteiger partial charge is 0.143 e. The molecule has 0 saturated heterocycles. The Hall–Kier alpha value is -1.26. The molecule has 0 N–H and O–H groups in total. The number of aryl methyl sites for hydroxylation is 1. The lowest BCUT2D eigenvalue weighted by Crippen LogP contribution is -1.82. The van der Waals surface area contributed by atoms with Crippen LogP contribution in [0.3, 0.4) is 0 Å². The quantitative estimate of drug-likeness (QED) is 0.647. The minimum absolute atomic E-state index is 0.813. The van der Waals surface area contributed by atoms with E-state index in [4.69, 9.17) is 0 Å². The van der Waals surface area contributed by atoms with Gasteiger partial charge in [-0.2, -0.15) is 0 Å². The van der Waals surface area contributed by atoms with Crippen molar-refractivity contribution in [3.8, 4) is 10.6 Å². The molecule has 0 saturated carbocycles. The van der Waals surface area contributed by atoms with E-state index < -0.39 is 0 Å². The highest BCUT2D eigenvalue weighted by Crippen LogP contribution is 2.31. The molecule has 0 fully saturated rings. The molecule has 2 nitrogen and oxygen atoms in total. The number of thiazole rings is 1. The van der Waals surface area contributed by atoms with Crippen LogP contribution in [0.5, 0.6) is 0 Å². The summed E-state index contributed by atoms with van der Waals surface area (Å²) in [4.78, 5) is 10.1. The number of fused-ring (bicyclic) bond motifs is 1. The summed E-state index contributed by atoms with van der Waals surface area (Å²) in [6.07, 6.45) is 1.90. The second-order valence-corrected chi connectivity index (χ2v) is 5.67. The first-order valence-corrected chi connectivity index (χ1v) is 7.59. The van der Waals surface area contributed by atoms with Crippen molar-refractivity contribution in [1.82, 2.24) is 9.97 Å². The van der Waals surface area contributed by atoms with Crippen molar-refractivity contribution >= 4 is 37.6 Å². The van der Waals surface area contributed by atoms with Crippen molar-refractivity contribution in [2.24, 2.45) is 0 Å². The van der Waals surface area contributed by atoms with Crippen LogP contribution in [0.1, 0.15) is 11.1 Å². The van der Waals surface area contributed by atoms with Crippen molar-refractivity contribution in [2.45, 2.75) is 12.3 Å². The van der Waals surface area contributed by atoms with Crippen molar-refractivity contribution in [2.75, 3.05) is 0 Å². The van der Waals surface area contributed by atoms with Crippen LogP contribution >= 0.6 is 27.3 Å². The number of halogens is 1. The Kier molecular flexibility index (Phi) is 3.14. The van der Waals surface area contributed by atoms with E-state index in [-0.39, 0.29) is 0 Å². The Morgan fingerprint density at radius 2 is 2.11 bits per heavy atom. The van der Waals surface area contributed by atoms with Gasteiger partial charge in [-0.05, 0) is 24.1 Å². The van der Waals surface area contributed by atoms with E-state index in [0.717, 1.165) is 26.2 Å². The van der Waals surface area contributed by atoms with Crippen LogP contribution in [-0.4, -0.2) is 9.97 Å². The van der Waals surface area contributed by atoms with Crippen LogP contribution in [0.15, 0.2) is 36.5 Å². The summed E-state index contributed by atoms with van der Waals surface area (Å²) in [5, 5.41) is 1.86. The van der Waals surface area contributed by atoms with Crippen LogP contribution in [0.25, 0.3) is 20.9 Å². The summed E-state index contributed by atoms with van der Waals surface area (Å²) in [6.45, 7) is 2.11. The summed E-state index contributed by atoms with van der Waals surface area (Å²) in [5.74, 6) is 0. The van der Waals surface area contributed by atoms with Gasteiger partial charge in [0.1, 0.15) is 15.4 Å². The van der Waals surface area contributed by atoms with Gasteiger partial charge in [0.25, 0.3) is 0 Å². The molecular weight excluding hydrogens is 308 g/mol. The molecule has 4 heteroatoms. The third-order valence-electron chi connectivity index (χ3n) is 2.83. The molecule has 0 unspecified atom stereocenters. The summed E-state index contributed by atoms with van der Waals surface area (Å²) in [6, 6.07) is 10.4. The molecule has 0 atom stereocenters. The molecule has 0 spiro atoms. The lowest BCUT2D eigenvalue weighted by Gasteiger charge is -1.99. The number of hydrogen-bond acceptors (Lipinski definition) is 3. The lowest BCUT2D eigenvalue weighted by atomic mass is 10.1. The highest BCUT2D eigenvalue weighted by molar-refractivity contribution is 9.08. The largest absolute Gasteiger partial charge is 0.243 e. The van der Waals surface area contributed by atoms with E-state index in [9.17, 15) is 0 Å². The number of benzene rings is 1.